The summed E-state index contributed by atoms with van der Waals surface area (Å²) in [4.78, 5) is 18.5. The first-order valence-corrected chi connectivity index (χ1v) is 12.5. The molecule has 4 rings (SSSR count). The van der Waals surface area contributed by atoms with Crippen molar-refractivity contribution in [2.24, 2.45) is 0 Å². The molecule has 2 aromatic heterocycles. The fourth-order valence-electron chi connectivity index (χ4n) is 4.62. The number of pyridine rings is 1. The van der Waals surface area contributed by atoms with E-state index in [0.717, 1.165) is 46.4 Å². The Bertz CT molecular complexity index is 1390. The van der Waals surface area contributed by atoms with E-state index in [1.54, 1.807) is 7.11 Å². The van der Waals surface area contributed by atoms with E-state index in [9.17, 15) is 4.79 Å². The maximum atomic E-state index is 13.1. The van der Waals surface area contributed by atoms with Crippen molar-refractivity contribution in [3.05, 3.63) is 81.4 Å². The minimum absolute atomic E-state index is 0.0836. The lowest BCUT2D eigenvalue weighted by Crippen LogP contribution is -2.36. The number of nitrogens with zero attached hydrogens (tertiary/aromatic N) is 5. The van der Waals surface area contributed by atoms with Crippen molar-refractivity contribution in [1.82, 2.24) is 30.1 Å². The minimum Gasteiger partial charge on any atom is -0.496 e. The number of para-hydroxylation sites is 1. The molecule has 0 aliphatic carbocycles. The Morgan fingerprint density at radius 1 is 1.08 bits per heavy atom. The van der Waals surface area contributed by atoms with E-state index in [-0.39, 0.29) is 17.1 Å². The van der Waals surface area contributed by atoms with Crippen molar-refractivity contribution in [2.75, 3.05) is 7.11 Å². The number of hydrogen-bond donors (Lipinski definition) is 1. The molecule has 0 aliphatic heterocycles. The Morgan fingerprint density at radius 2 is 1.83 bits per heavy atom. The molecule has 1 atom stereocenters. The molecule has 0 fully saturated rings. The summed E-state index contributed by atoms with van der Waals surface area (Å²) in [5.41, 5.74) is 3.42. The van der Waals surface area contributed by atoms with Gasteiger partial charge in [0.15, 0.2) is 5.82 Å². The van der Waals surface area contributed by atoms with Crippen LogP contribution in [0.5, 0.6) is 5.75 Å². The van der Waals surface area contributed by atoms with E-state index < -0.39 is 0 Å². The van der Waals surface area contributed by atoms with Crippen molar-refractivity contribution in [1.29, 1.82) is 0 Å². The zero-order chi connectivity index (χ0) is 25.9. The molecule has 1 N–H and O–H groups in total. The minimum atomic E-state index is -0.236. The number of hydrogen-bond acceptors (Lipinski definition) is 6. The summed E-state index contributed by atoms with van der Waals surface area (Å²) in [7, 11) is 1.68. The standard InChI is InChI=1S/C28H36N6O2/c1-7-24(26-30-31-32-34(26)28(4,5)8-2)33(17-20-11-9-10-12-25(20)36-6)18-22-16-21-15-19(3)13-14-23(21)29-27(22)35/h9-16,24H,7-8,17-18H2,1-6H3,(H,29,35)/t24-/m1/s1. The second-order valence-corrected chi connectivity index (χ2v) is 9.97. The van der Waals surface area contributed by atoms with Crippen LogP contribution < -0.4 is 10.3 Å². The van der Waals surface area contributed by atoms with Crippen LogP contribution in [0, 0.1) is 6.92 Å². The number of ether oxygens (including phenoxy) is 1. The number of aromatic nitrogens is 5. The Morgan fingerprint density at radius 3 is 2.56 bits per heavy atom. The molecule has 8 heteroatoms. The van der Waals surface area contributed by atoms with Crippen LogP contribution in [0.25, 0.3) is 10.9 Å². The molecule has 0 unspecified atom stereocenters. The third-order valence-electron chi connectivity index (χ3n) is 7.07. The van der Waals surface area contributed by atoms with Crippen molar-refractivity contribution in [2.45, 2.75) is 72.1 Å². The number of methoxy groups -OCH3 is 1. The molecule has 0 saturated carbocycles. The maximum absolute atomic E-state index is 13.1. The number of nitrogens with one attached hydrogen (secondary N) is 1. The monoisotopic (exact) mass is 488 g/mol. The number of H-pyrrole nitrogens is 1. The van der Waals surface area contributed by atoms with Crippen LogP contribution in [0.4, 0.5) is 0 Å². The molecule has 0 radical (unpaired) electrons. The largest absolute Gasteiger partial charge is 0.496 e. The highest BCUT2D eigenvalue weighted by molar-refractivity contribution is 5.79. The predicted octanol–water partition coefficient (Wildman–Crippen LogP) is 5.13. The molecular weight excluding hydrogens is 452 g/mol. The van der Waals surface area contributed by atoms with Crippen LogP contribution in [0.1, 0.15) is 69.1 Å². The van der Waals surface area contributed by atoms with Crippen molar-refractivity contribution < 1.29 is 4.74 Å². The van der Waals surface area contributed by atoms with Crippen LogP contribution in [0.2, 0.25) is 0 Å². The Kier molecular flexibility index (Phi) is 7.54. The highest BCUT2D eigenvalue weighted by Crippen LogP contribution is 2.31. The van der Waals surface area contributed by atoms with Crippen molar-refractivity contribution in [3.8, 4) is 5.75 Å². The van der Waals surface area contributed by atoms with Gasteiger partial charge in [0.25, 0.3) is 5.56 Å². The van der Waals surface area contributed by atoms with Crippen molar-refractivity contribution in [3.63, 3.8) is 0 Å². The number of aryl methyl sites for hydroxylation is 1. The van der Waals surface area contributed by atoms with E-state index in [2.05, 4.69) is 72.2 Å². The molecule has 0 saturated heterocycles. The number of fused-ring (bicyclic) bond motifs is 1. The summed E-state index contributed by atoms with van der Waals surface area (Å²) in [6, 6.07) is 16.0. The lowest BCUT2D eigenvalue weighted by Gasteiger charge is -2.33. The van der Waals surface area contributed by atoms with Gasteiger partial charge in [-0.05, 0) is 73.7 Å². The first-order chi connectivity index (χ1) is 17.3. The van der Waals surface area contributed by atoms with Gasteiger partial charge in [0.05, 0.1) is 18.7 Å². The average molecular weight is 489 g/mol. The number of tetrazole rings is 1. The molecule has 4 aromatic rings. The molecule has 0 spiro atoms. The van der Waals surface area contributed by atoms with Gasteiger partial charge in [-0.15, -0.1) is 5.10 Å². The molecule has 0 amide bonds. The van der Waals surface area contributed by atoms with Gasteiger partial charge in [0.1, 0.15) is 5.75 Å². The Labute approximate surface area is 212 Å². The van der Waals surface area contributed by atoms with Gasteiger partial charge in [-0.25, -0.2) is 4.68 Å². The smallest absolute Gasteiger partial charge is 0.252 e. The van der Waals surface area contributed by atoms with Crippen LogP contribution >= 0.6 is 0 Å². The lowest BCUT2D eigenvalue weighted by molar-refractivity contribution is 0.149. The van der Waals surface area contributed by atoms with Gasteiger partial charge in [-0.2, -0.15) is 0 Å². The topological polar surface area (TPSA) is 88.9 Å². The second-order valence-electron chi connectivity index (χ2n) is 9.97. The molecule has 2 aromatic carbocycles. The quantitative estimate of drug-likeness (QED) is 0.333. The number of benzene rings is 2. The average Bonchev–Trinajstić information content (AvgIpc) is 3.36. The van der Waals surface area contributed by atoms with E-state index >= 15 is 0 Å². The highest BCUT2D eigenvalue weighted by Gasteiger charge is 2.31. The number of aromatic amines is 1. The fraction of sp³-hybridized carbons (Fsp3) is 0.429. The van der Waals surface area contributed by atoms with Gasteiger partial charge in [-0.1, -0.05) is 43.7 Å². The third kappa shape index (κ3) is 5.18. The van der Waals surface area contributed by atoms with Gasteiger partial charge >= 0.3 is 0 Å². The predicted molar refractivity (Wildman–Crippen MR) is 142 cm³/mol. The van der Waals surface area contributed by atoms with Gasteiger partial charge in [0, 0.05) is 29.7 Å². The molecule has 2 heterocycles. The lowest BCUT2D eigenvalue weighted by atomic mass is 10.0. The molecular formula is C28H36N6O2. The Hall–Kier alpha value is -3.52. The highest BCUT2D eigenvalue weighted by atomic mass is 16.5. The molecule has 0 bridgehead atoms. The van der Waals surface area contributed by atoms with Crippen LogP contribution in [-0.2, 0) is 18.6 Å². The first kappa shape index (κ1) is 25.6. The zero-order valence-corrected chi connectivity index (χ0v) is 22.1. The van der Waals surface area contributed by atoms with Gasteiger partial charge in [-0.3, -0.25) is 9.69 Å². The van der Waals surface area contributed by atoms with E-state index in [4.69, 9.17) is 4.74 Å². The molecule has 0 aliphatic rings. The van der Waals surface area contributed by atoms with Gasteiger partial charge < -0.3 is 9.72 Å². The summed E-state index contributed by atoms with van der Waals surface area (Å²) >= 11 is 0. The SMILES string of the molecule is CC[C@H](c1nnnn1C(C)(C)CC)N(Cc1ccccc1OC)Cc1cc2cc(C)ccc2[nH]c1=O. The summed E-state index contributed by atoms with van der Waals surface area (Å²) in [6.07, 6.45) is 1.66. The second kappa shape index (κ2) is 10.6. The van der Waals surface area contributed by atoms with E-state index in [1.165, 1.54) is 0 Å². The Balaban J connectivity index is 1.81. The number of rotatable bonds is 10. The zero-order valence-electron chi connectivity index (χ0n) is 22.1. The summed E-state index contributed by atoms with van der Waals surface area (Å²) < 4.78 is 7.59. The summed E-state index contributed by atoms with van der Waals surface area (Å²) in [6.45, 7) is 11.6. The van der Waals surface area contributed by atoms with Gasteiger partial charge in [0.2, 0.25) is 0 Å². The molecule has 36 heavy (non-hydrogen) atoms. The van der Waals surface area contributed by atoms with Crippen molar-refractivity contribution >= 4 is 10.9 Å². The molecule has 8 nitrogen and oxygen atoms in total. The first-order valence-electron chi connectivity index (χ1n) is 12.5. The maximum Gasteiger partial charge on any atom is 0.252 e. The molecule has 190 valence electrons. The normalized spacial score (nSPS) is 12.9. The van der Waals surface area contributed by atoms with Crippen LogP contribution in [0.3, 0.4) is 0 Å². The van der Waals surface area contributed by atoms with E-state index in [1.807, 2.05) is 41.1 Å². The van der Waals surface area contributed by atoms with E-state index in [0.29, 0.717) is 18.7 Å². The summed E-state index contributed by atoms with van der Waals surface area (Å²) in [5.74, 6) is 1.61. The third-order valence-corrected chi connectivity index (χ3v) is 7.07. The van der Waals surface area contributed by atoms with Crippen LogP contribution in [-0.4, -0.2) is 37.2 Å². The van der Waals surface area contributed by atoms with Crippen LogP contribution in [0.15, 0.2) is 53.3 Å². The fourth-order valence-corrected chi connectivity index (χ4v) is 4.62. The summed E-state index contributed by atoms with van der Waals surface area (Å²) in [5, 5.41) is 13.9.